The topological polar surface area (TPSA) is 247 Å². The second-order valence-electron chi connectivity index (χ2n) is 9.77. The van der Waals surface area contributed by atoms with E-state index in [0.717, 1.165) is 4.57 Å². The molecule has 2 aliphatic rings. The molecule has 4 N–H and O–H groups in total. The molecule has 5 rings (SSSR count). The number of hydrogen-bond donors (Lipinski definition) is 3. The molecule has 0 aromatic carbocycles. The highest BCUT2D eigenvalue weighted by molar-refractivity contribution is 7.47. The molecule has 0 aliphatic carbocycles. The first-order valence-electron chi connectivity index (χ1n) is 13.4. The van der Waals surface area contributed by atoms with Gasteiger partial charge >= 0.3 is 19.7 Å². The number of ether oxygens (including phenoxy) is 4. The Bertz CT molecular complexity index is 1640. The fourth-order valence-corrected chi connectivity index (χ4v) is 5.89. The molecule has 43 heavy (non-hydrogen) atoms. The normalized spacial score (nSPS) is 26.9. The molecular formula is C23H31N8O11P. The Morgan fingerprint density at radius 2 is 1.81 bits per heavy atom. The lowest BCUT2D eigenvalue weighted by Crippen LogP contribution is -2.31. The van der Waals surface area contributed by atoms with Gasteiger partial charge in [-0.05, 0) is 20.3 Å². The van der Waals surface area contributed by atoms with Crippen LogP contribution < -0.4 is 17.0 Å². The van der Waals surface area contributed by atoms with Crippen LogP contribution in [-0.2, 0) is 32.6 Å². The Labute approximate surface area is 242 Å². The third kappa shape index (κ3) is 6.76. The summed E-state index contributed by atoms with van der Waals surface area (Å²) in [6.45, 7) is 4.54. The highest BCUT2D eigenvalue weighted by atomic mass is 31.2. The van der Waals surface area contributed by atoms with E-state index in [-0.39, 0.29) is 36.6 Å². The third-order valence-corrected chi connectivity index (χ3v) is 7.87. The average molecular weight is 627 g/mol. The number of nitrogens with zero attached hydrogens (tertiary/aromatic N) is 6. The number of hydrogen-bond acceptors (Lipinski definition) is 15. The quantitative estimate of drug-likeness (QED) is 0.207. The standard InChI is InChI=1S/C23H31N8O11P/c1-4-12-14(7-17(39-12)31-10-26-21(24)29-22(31)33)42-43(35,36)38-8-15-13(41-23(34)37-5-2)6-16(40-15)30-9-25-18-19(30)27-11(3)28-20(18)32/h9-10,12-17H,4-8H2,1-3H3,(H,35,36)(H2,24,29,33)(H,27,28,32)/t12-,13?,14?,15-,16-,17-/m1/s1. The van der Waals surface area contributed by atoms with Crippen LogP contribution in [0, 0.1) is 6.92 Å². The van der Waals surface area contributed by atoms with Gasteiger partial charge in [-0.25, -0.2) is 29.1 Å². The van der Waals surface area contributed by atoms with Crippen molar-refractivity contribution in [1.82, 2.24) is 34.1 Å². The largest absolute Gasteiger partial charge is 0.508 e. The minimum atomic E-state index is -4.74. The molecule has 0 amide bonds. The van der Waals surface area contributed by atoms with Crippen molar-refractivity contribution in [3.8, 4) is 0 Å². The average Bonchev–Trinajstić information content (AvgIpc) is 3.64. The maximum Gasteiger partial charge on any atom is 0.508 e. The van der Waals surface area contributed by atoms with Crippen LogP contribution in [0.1, 0.15) is 51.4 Å². The van der Waals surface area contributed by atoms with E-state index in [1.165, 1.54) is 17.2 Å². The maximum absolute atomic E-state index is 13.0. The molecule has 5 heterocycles. The number of anilines is 1. The molecule has 7 atom stereocenters. The van der Waals surface area contributed by atoms with Gasteiger partial charge in [0.15, 0.2) is 11.2 Å². The van der Waals surface area contributed by atoms with Gasteiger partial charge in [0.2, 0.25) is 5.95 Å². The van der Waals surface area contributed by atoms with Crippen LogP contribution in [0.15, 0.2) is 22.2 Å². The zero-order chi connectivity index (χ0) is 30.9. The van der Waals surface area contributed by atoms with E-state index in [0.29, 0.717) is 12.2 Å². The minimum absolute atomic E-state index is 0.0233. The van der Waals surface area contributed by atoms with Crippen molar-refractivity contribution < 1.29 is 42.2 Å². The summed E-state index contributed by atoms with van der Waals surface area (Å²) in [6.07, 6.45) is -3.22. The lowest BCUT2D eigenvalue weighted by Gasteiger charge is -2.23. The van der Waals surface area contributed by atoms with Crippen LogP contribution in [0.4, 0.5) is 10.7 Å². The van der Waals surface area contributed by atoms with E-state index in [9.17, 15) is 23.8 Å². The summed E-state index contributed by atoms with van der Waals surface area (Å²) >= 11 is 0. The maximum atomic E-state index is 13.0. The summed E-state index contributed by atoms with van der Waals surface area (Å²) in [6, 6.07) is 0. The molecule has 3 aromatic heterocycles. The van der Waals surface area contributed by atoms with Gasteiger partial charge in [0.1, 0.15) is 36.8 Å². The van der Waals surface area contributed by atoms with E-state index in [4.69, 9.17) is 33.7 Å². The fourth-order valence-electron chi connectivity index (χ4n) is 4.93. The number of imidazole rings is 1. The van der Waals surface area contributed by atoms with Gasteiger partial charge in [-0.2, -0.15) is 4.98 Å². The van der Waals surface area contributed by atoms with Crippen LogP contribution in [0.2, 0.25) is 0 Å². The Morgan fingerprint density at radius 3 is 2.53 bits per heavy atom. The van der Waals surface area contributed by atoms with Crippen LogP contribution >= 0.6 is 7.82 Å². The number of aromatic nitrogens is 7. The molecule has 2 fully saturated rings. The first-order valence-corrected chi connectivity index (χ1v) is 14.9. The smallest absolute Gasteiger partial charge is 0.435 e. The molecule has 0 bridgehead atoms. The number of carbonyl (C=O) groups excluding carboxylic acids is 1. The van der Waals surface area contributed by atoms with E-state index in [2.05, 4.69) is 24.9 Å². The third-order valence-electron chi connectivity index (χ3n) is 6.86. The minimum Gasteiger partial charge on any atom is -0.435 e. The summed E-state index contributed by atoms with van der Waals surface area (Å²) in [4.78, 5) is 65.6. The number of phosphoric ester groups is 1. The van der Waals surface area contributed by atoms with Gasteiger partial charge in [0.05, 0.1) is 31.7 Å². The first kappa shape index (κ1) is 30.7. The lowest BCUT2D eigenvalue weighted by molar-refractivity contribution is -0.0588. The number of rotatable bonds is 10. The monoisotopic (exact) mass is 626 g/mol. The molecule has 3 unspecified atom stereocenters. The molecule has 2 aliphatic heterocycles. The van der Waals surface area contributed by atoms with Crippen LogP contribution in [-0.4, -0.2) is 82.7 Å². The number of fused-ring (bicyclic) bond motifs is 1. The second kappa shape index (κ2) is 12.5. The van der Waals surface area contributed by atoms with Gasteiger partial charge in [-0.1, -0.05) is 6.92 Å². The van der Waals surface area contributed by atoms with Crippen LogP contribution in [0.3, 0.4) is 0 Å². The summed E-state index contributed by atoms with van der Waals surface area (Å²) < 4.78 is 48.5. The number of H-pyrrole nitrogens is 1. The van der Waals surface area contributed by atoms with Crippen molar-refractivity contribution in [2.75, 3.05) is 18.9 Å². The van der Waals surface area contributed by atoms with Gasteiger partial charge in [0, 0.05) is 12.8 Å². The lowest BCUT2D eigenvalue weighted by atomic mass is 10.1. The van der Waals surface area contributed by atoms with E-state index < -0.39 is 68.7 Å². The van der Waals surface area contributed by atoms with E-state index >= 15 is 0 Å². The number of carbonyl (C=O) groups is 1. The van der Waals surface area contributed by atoms with E-state index in [1.807, 2.05) is 0 Å². The van der Waals surface area contributed by atoms with E-state index in [1.54, 1.807) is 20.8 Å². The predicted octanol–water partition coefficient (Wildman–Crippen LogP) is 0.691. The Morgan fingerprint density at radius 1 is 1.12 bits per heavy atom. The van der Waals surface area contributed by atoms with Crippen LogP contribution in [0.25, 0.3) is 11.2 Å². The summed E-state index contributed by atoms with van der Waals surface area (Å²) in [5, 5.41) is 0. The van der Waals surface area contributed by atoms with Gasteiger partial charge in [-0.3, -0.25) is 23.0 Å². The number of nitrogen functional groups attached to an aromatic ring is 1. The summed E-state index contributed by atoms with van der Waals surface area (Å²) in [5.74, 6) is 0.155. The molecular weight excluding hydrogens is 595 g/mol. The number of nitrogens with two attached hydrogens (primary N) is 1. The Hall–Kier alpha value is -3.74. The van der Waals surface area contributed by atoms with Gasteiger partial charge in [-0.15, -0.1) is 0 Å². The fraction of sp³-hybridized carbons (Fsp3) is 0.609. The molecule has 20 heteroatoms. The van der Waals surface area contributed by atoms with Crippen molar-refractivity contribution in [1.29, 1.82) is 0 Å². The van der Waals surface area contributed by atoms with Gasteiger partial charge < -0.3 is 34.6 Å². The summed E-state index contributed by atoms with van der Waals surface area (Å²) in [5.41, 5.74) is 4.64. The van der Waals surface area contributed by atoms with Crippen molar-refractivity contribution in [3.05, 3.63) is 39.3 Å². The van der Waals surface area contributed by atoms with Crippen molar-refractivity contribution in [2.24, 2.45) is 0 Å². The SMILES string of the molecule is CCOC(=O)OC1C[C@H](n2cnc3c(=O)[nH]c(C)nc32)O[C@@H]1COP(=O)(O)OC1C[C@H](n2cnc(N)nc2=O)O[C@@H]1CC. The second-order valence-corrected chi connectivity index (χ2v) is 11.2. The Kier molecular flexibility index (Phi) is 8.91. The highest BCUT2D eigenvalue weighted by Gasteiger charge is 2.44. The van der Waals surface area contributed by atoms with Crippen molar-refractivity contribution in [3.63, 3.8) is 0 Å². The number of aryl methyl sites for hydroxylation is 1. The number of phosphoric acid groups is 1. The molecule has 19 nitrogen and oxygen atoms in total. The van der Waals surface area contributed by atoms with Gasteiger partial charge in [0.25, 0.3) is 5.56 Å². The van der Waals surface area contributed by atoms with Crippen molar-refractivity contribution in [2.45, 2.75) is 76.9 Å². The molecule has 3 aromatic rings. The summed E-state index contributed by atoms with van der Waals surface area (Å²) in [7, 11) is -4.74. The molecule has 2 saturated heterocycles. The molecule has 0 saturated carbocycles. The van der Waals surface area contributed by atoms with Crippen LogP contribution in [0.5, 0.6) is 0 Å². The Balaban J connectivity index is 1.28. The first-order chi connectivity index (χ1) is 20.5. The number of aromatic amines is 1. The molecule has 234 valence electrons. The highest BCUT2D eigenvalue weighted by Crippen LogP contribution is 2.49. The number of nitrogens with one attached hydrogen (secondary N) is 1. The molecule has 0 spiro atoms. The zero-order valence-electron chi connectivity index (χ0n) is 23.4. The zero-order valence-corrected chi connectivity index (χ0v) is 24.3. The predicted molar refractivity (Wildman–Crippen MR) is 143 cm³/mol. The van der Waals surface area contributed by atoms with Crippen molar-refractivity contribution >= 4 is 31.1 Å². The molecule has 0 radical (unpaired) electrons.